The van der Waals surface area contributed by atoms with Crippen LogP contribution in [-0.2, 0) is 5.41 Å². The van der Waals surface area contributed by atoms with Crippen molar-refractivity contribution in [2.45, 2.75) is 26.2 Å². The van der Waals surface area contributed by atoms with Gasteiger partial charge < -0.3 is 19.3 Å². The van der Waals surface area contributed by atoms with E-state index in [9.17, 15) is 0 Å². The molecular weight excluding hydrogens is 1150 g/mol. The molecule has 2 aliphatic rings. The second-order valence-corrected chi connectivity index (χ2v) is 27.5. The van der Waals surface area contributed by atoms with Gasteiger partial charge in [-0.1, -0.05) is 239 Å². The summed E-state index contributed by atoms with van der Waals surface area (Å²) in [4.78, 5) is 7.85. The van der Waals surface area contributed by atoms with Gasteiger partial charge in [0.05, 0.1) is 22.4 Å². The molecule has 0 saturated carbocycles. The van der Waals surface area contributed by atoms with Gasteiger partial charge in [-0.25, -0.2) is 0 Å². The first-order valence-electron chi connectivity index (χ1n) is 33.3. The Morgan fingerprint density at radius 3 is 1.39 bits per heavy atom. The van der Waals surface area contributed by atoms with E-state index in [1.165, 1.54) is 164 Å². The number of nitrogens with zero attached hydrogens (tertiary/aromatic N) is 4. The number of benzene rings is 18. The molecule has 0 amide bonds. The molecule has 2 aliphatic heterocycles. The van der Waals surface area contributed by atoms with E-state index in [2.05, 4.69) is 343 Å². The molecule has 0 fully saturated rings. The van der Waals surface area contributed by atoms with Crippen molar-refractivity contribution in [3.8, 4) is 16.8 Å². The van der Waals surface area contributed by atoms with Gasteiger partial charge in [0.25, 0.3) is 6.71 Å². The van der Waals surface area contributed by atoms with Crippen molar-refractivity contribution < 1.29 is 0 Å². The van der Waals surface area contributed by atoms with Gasteiger partial charge in [0.1, 0.15) is 0 Å². The molecular formula is C90H59BN4. The lowest BCUT2D eigenvalue weighted by Crippen LogP contribution is -2.61. The Balaban J connectivity index is 0.873. The second-order valence-electron chi connectivity index (χ2n) is 27.5. The summed E-state index contributed by atoms with van der Waals surface area (Å²) in [5, 5.41) is 23.0. The number of rotatable bonds is 7. The van der Waals surface area contributed by atoms with Crippen LogP contribution in [0, 0.1) is 0 Å². The van der Waals surface area contributed by atoms with Crippen molar-refractivity contribution in [2.75, 3.05) is 14.7 Å². The van der Waals surface area contributed by atoms with Crippen LogP contribution in [0.5, 0.6) is 0 Å². The van der Waals surface area contributed by atoms with E-state index in [4.69, 9.17) is 0 Å². The molecule has 3 heterocycles. The SMILES string of the molecule is CC(C)(C)c1cc2c3c(c1)N(c1c4ccccc4cc4ccccc14)c1cc(-n4c5ccccc5c5ccccc54)ccc1B3c1ccc(N(c3ccccc3)c3cc4ccc5ccc6ccc7ccc8ccc3c3c8c7c6c5c43)cc1N2c1ccc(-c2ccccc2)cc1. The largest absolute Gasteiger partial charge is 0.311 e. The molecule has 5 heteroatoms. The van der Waals surface area contributed by atoms with Gasteiger partial charge in [0.15, 0.2) is 0 Å². The number of anilines is 9. The molecule has 0 aliphatic carbocycles. The predicted octanol–water partition coefficient (Wildman–Crippen LogP) is 22.8. The third kappa shape index (κ3) is 7.38. The van der Waals surface area contributed by atoms with Crippen LogP contribution < -0.4 is 31.1 Å². The Hall–Kier alpha value is -11.9. The van der Waals surface area contributed by atoms with E-state index in [1.807, 2.05) is 0 Å². The molecule has 0 radical (unpaired) electrons. The first-order valence-corrected chi connectivity index (χ1v) is 33.3. The minimum Gasteiger partial charge on any atom is -0.311 e. The van der Waals surface area contributed by atoms with Gasteiger partial charge in [-0.3, -0.25) is 0 Å². The number of hydrogen-bond donors (Lipinski definition) is 0. The molecule has 18 aromatic carbocycles. The quantitative estimate of drug-likeness (QED) is 0.0898. The molecule has 0 spiro atoms. The van der Waals surface area contributed by atoms with Crippen LogP contribution in [-0.4, -0.2) is 11.3 Å². The predicted molar refractivity (Wildman–Crippen MR) is 407 cm³/mol. The normalized spacial score (nSPS) is 13.1. The first kappa shape index (κ1) is 52.7. The minimum absolute atomic E-state index is 0.166. The molecule has 19 aromatic rings. The van der Waals surface area contributed by atoms with Crippen molar-refractivity contribution in [2.24, 2.45) is 0 Å². The molecule has 21 rings (SSSR count). The third-order valence-electron chi connectivity index (χ3n) is 21.4. The van der Waals surface area contributed by atoms with Crippen LogP contribution in [0.1, 0.15) is 26.3 Å². The maximum atomic E-state index is 2.68. The zero-order valence-corrected chi connectivity index (χ0v) is 52.7. The summed E-state index contributed by atoms with van der Waals surface area (Å²) in [6.45, 7) is 6.97. The summed E-state index contributed by atoms with van der Waals surface area (Å²) < 4.78 is 2.49. The summed E-state index contributed by atoms with van der Waals surface area (Å²) >= 11 is 0. The third-order valence-corrected chi connectivity index (χ3v) is 21.4. The highest BCUT2D eigenvalue weighted by atomic mass is 15.2. The number of para-hydroxylation sites is 3. The van der Waals surface area contributed by atoms with Crippen molar-refractivity contribution >= 4 is 182 Å². The summed E-state index contributed by atoms with van der Waals surface area (Å²) in [5.74, 6) is 0. The van der Waals surface area contributed by atoms with Gasteiger partial charge in [0, 0.05) is 77.8 Å². The highest BCUT2D eigenvalue weighted by Gasteiger charge is 2.45. The fourth-order valence-corrected chi connectivity index (χ4v) is 17.2. The Morgan fingerprint density at radius 2 is 0.779 bits per heavy atom. The van der Waals surface area contributed by atoms with Gasteiger partial charge in [0.2, 0.25) is 0 Å². The van der Waals surface area contributed by atoms with E-state index in [1.54, 1.807) is 0 Å². The molecule has 4 nitrogen and oxygen atoms in total. The minimum atomic E-state index is -0.249. The number of aromatic nitrogens is 1. The highest BCUT2D eigenvalue weighted by Crippen LogP contribution is 2.55. The Kier molecular flexibility index (Phi) is 10.7. The molecule has 0 unspecified atom stereocenters. The van der Waals surface area contributed by atoms with E-state index in [0.717, 1.165) is 34.1 Å². The lowest BCUT2D eigenvalue weighted by atomic mass is 9.33. The van der Waals surface area contributed by atoms with Gasteiger partial charge in [-0.2, -0.15) is 0 Å². The van der Waals surface area contributed by atoms with Crippen LogP contribution >= 0.6 is 0 Å². The topological polar surface area (TPSA) is 14.7 Å². The van der Waals surface area contributed by atoms with E-state index < -0.39 is 0 Å². The van der Waals surface area contributed by atoms with Crippen LogP contribution in [0.25, 0.3) is 125 Å². The summed E-state index contributed by atoms with van der Waals surface area (Å²) in [5.41, 5.74) is 20.9. The molecule has 95 heavy (non-hydrogen) atoms. The van der Waals surface area contributed by atoms with Crippen molar-refractivity contribution in [1.29, 1.82) is 0 Å². The fourth-order valence-electron chi connectivity index (χ4n) is 17.2. The Bertz CT molecular complexity index is 6240. The van der Waals surface area contributed by atoms with Crippen LogP contribution in [0.3, 0.4) is 0 Å². The lowest BCUT2D eigenvalue weighted by Gasteiger charge is -2.46. The van der Waals surface area contributed by atoms with Gasteiger partial charge in [-0.15, -0.1) is 0 Å². The fraction of sp³-hybridized carbons (Fsp3) is 0.0444. The summed E-state index contributed by atoms with van der Waals surface area (Å²) in [6, 6.07) is 115. The van der Waals surface area contributed by atoms with Crippen LogP contribution in [0.15, 0.2) is 303 Å². The molecule has 0 N–H and O–H groups in total. The van der Waals surface area contributed by atoms with Crippen molar-refractivity contribution in [3.63, 3.8) is 0 Å². The maximum Gasteiger partial charge on any atom is 0.252 e. The maximum absolute atomic E-state index is 2.68. The smallest absolute Gasteiger partial charge is 0.252 e. The zero-order chi connectivity index (χ0) is 62.5. The Labute approximate surface area is 550 Å². The van der Waals surface area contributed by atoms with Crippen molar-refractivity contribution in [3.05, 3.63) is 309 Å². The Morgan fingerprint density at radius 1 is 0.305 bits per heavy atom. The molecule has 0 saturated heterocycles. The molecule has 442 valence electrons. The molecule has 0 bridgehead atoms. The zero-order valence-electron chi connectivity index (χ0n) is 52.7. The van der Waals surface area contributed by atoms with Gasteiger partial charge in [-0.05, 0) is 188 Å². The monoisotopic (exact) mass is 1210 g/mol. The summed E-state index contributed by atoms with van der Waals surface area (Å²) in [6.07, 6.45) is 0. The van der Waals surface area contributed by atoms with Crippen LogP contribution in [0.4, 0.5) is 51.2 Å². The summed E-state index contributed by atoms with van der Waals surface area (Å²) in [7, 11) is 0. The number of hydrogen-bond acceptors (Lipinski definition) is 3. The van der Waals surface area contributed by atoms with E-state index in [0.29, 0.717) is 0 Å². The van der Waals surface area contributed by atoms with E-state index in [-0.39, 0.29) is 12.1 Å². The lowest BCUT2D eigenvalue weighted by molar-refractivity contribution is 0.590. The second kappa shape index (κ2) is 19.3. The highest BCUT2D eigenvalue weighted by molar-refractivity contribution is 7.00. The average molecular weight is 1210 g/mol. The number of fused-ring (bicyclic) bond motifs is 9. The van der Waals surface area contributed by atoms with Crippen molar-refractivity contribution in [1.82, 2.24) is 4.57 Å². The molecule has 1 aromatic heterocycles. The molecule has 0 atom stereocenters. The standard InChI is InChI=1S/C90H59BN4/c1-90(2,3)63-50-80-88-81(51-63)95(89-68-24-12-10-20-60(68)48-61-21-11-13-25-69(61)89)79-53-67(94-75-28-16-14-26-70(75)71-27-15-17-29-76(71)94)44-47-74(79)91(88)73-46-43-66(52-78(73)93(80)65-41-38-55(39-42-65)54-18-6-4-7-19-54)92(64-22-8-5-9-23-64)77-49-62-37-36-58-33-31-56-30-32-57-34-35-59-40-45-72(77)87-85(59)83(57)82(56)84(58)86(62)87/h4-53H,1-3H3. The van der Waals surface area contributed by atoms with Gasteiger partial charge >= 0.3 is 0 Å². The average Bonchev–Trinajstić information content (AvgIpc) is 1.16. The van der Waals surface area contributed by atoms with Crippen LogP contribution in [0.2, 0.25) is 0 Å². The first-order chi connectivity index (χ1) is 46.8. The van der Waals surface area contributed by atoms with E-state index >= 15 is 0 Å².